The average Bonchev–Trinajstić information content (AvgIpc) is 2.46. The molecule has 0 saturated carbocycles. The molecule has 0 amide bonds. The topological polar surface area (TPSA) is 49.8 Å². The number of hydrogen-bond donors (Lipinski definition) is 1. The summed E-state index contributed by atoms with van der Waals surface area (Å²) in [5, 5.41) is 9.44. The van der Waals surface area contributed by atoms with Gasteiger partial charge in [-0.15, -0.1) is 0 Å². The number of benzene rings is 1. The molecule has 114 valence electrons. The standard InChI is InChI=1S/C16H20ClNO3/c1-11-7-8-18(10-15(11)21-2)14-9-13(17)5-3-12(14)4-6-16(19)20/h3-6,9,11,15H,7-8,10H2,1-2H3,(H,19,20)/b6-4+. The minimum absolute atomic E-state index is 0.175. The Morgan fingerprint density at radius 1 is 1.52 bits per heavy atom. The second-order valence-corrected chi connectivity index (χ2v) is 5.80. The zero-order valence-corrected chi connectivity index (χ0v) is 13.0. The lowest BCUT2D eigenvalue weighted by atomic mass is 9.95. The molecule has 1 aliphatic rings. The third kappa shape index (κ3) is 3.99. The van der Waals surface area contributed by atoms with Crippen molar-refractivity contribution in [1.82, 2.24) is 0 Å². The summed E-state index contributed by atoms with van der Waals surface area (Å²) in [4.78, 5) is 12.9. The number of carboxylic acid groups (broad SMARTS) is 1. The number of nitrogens with zero attached hydrogens (tertiary/aromatic N) is 1. The van der Waals surface area contributed by atoms with Gasteiger partial charge in [0.15, 0.2) is 0 Å². The highest BCUT2D eigenvalue weighted by molar-refractivity contribution is 6.31. The molecule has 0 aromatic heterocycles. The number of carbonyl (C=O) groups is 1. The smallest absolute Gasteiger partial charge is 0.328 e. The van der Waals surface area contributed by atoms with Gasteiger partial charge in [-0.2, -0.15) is 0 Å². The summed E-state index contributed by atoms with van der Waals surface area (Å²) in [6.07, 6.45) is 3.96. The fourth-order valence-electron chi connectivity index (χ4n) is 2.65. The zero-order chi connectivity index (χ0) is 15.4. The number of rotatable bonds is 4. The van der Waals surface area contributed by atoms with Gasteiger partial charge in [0.1, 0.15) is 0 Å². The van der Waals surface area contributed by atoms with Crippen LogP contribution in [0.2, 0.25) is 5.02 Å². The van der Waals surface area contributed by atoms with E-state index in [0.29, 0.717) is 10.9 Å². The van der Waals surface area contributed by atoms with Gasteiger partial charge < -0.3 is 14.7 Å². The molecule has 2 unspecified atom stereocenters. The Morgan fingerprint density at radius 2 is 2.29 bits per heavy atom. The predicted octanol–water partition coefficient (Wildman–Crippen LogP) is 3.30. The Morgan fingerprint density at radius 3 is 2.95 bits per heavy atom. The summed E-state index contributed by atoms with van der Waals surface area (Å²) in [5.74, 6) is -0.443. The first-order chi connectivity index (χ1) is 10.0. The number of ether oxygens (including phenoxy) is 1. The average molecular weight is 310 g/mol. The Labute approximate surface area is 130 Å². The zero-order valence-electron chi connectivity index (χ0n) is 12.3. The molecule has 0 radical (unpaired) electrons. The molecule has 2 rings (SSSR count). The molecule has 1 aliphatic heterocycles. The van der Waals surface area contributed by atoms with Crippen LogP contribution in [0.3, 0.4) is 0 Å². The van der Waals surface area contributed by atoms with E-state index in [-0.39, 0.29) is 6.10 Å². The highest BCUT2D eigenvalue weighted by atomic mass is 35.5. The van der Waals surface area contributed by atoms with E-state index in [1.54, 1.807) is 19.3 Å². The molecule has 0 spiro atoms. The number of carboxylic acids is 1. The van der Waals surface area contributed by atoms with E-state index in [2.05, 4.69) is 11.8 Å². The lowest BCUT2D eigenvalue weighted by molar-refractivity contribution is -0.131. The van der Waals surface area contributed by atoms with Gasteiger partial charge in [-0.3, -0.25) is 0 Å². The Bertz CT molecular complexity index is 544. The molecule has 1 saturated heterocycles. The minimum Gasteiger partial charge on any atom is -0.478 e. The molecule has 2 atom stereocenters. The van der Waals surface area contributed by atoms with Crippen molar-refractivity contribution in [3.8, 4) is 0 Å². The van der Waals surface area contributed by atoms with Gasteiger partial charge in [-0.1, -0.05) is 24.6 Å². The van der Waals surface area contributed by atoms with Crippen LogP contribution in [-0.4, -0.2) is 37.4 Å². The number of methoxy groups -OCH3 is 1. The van der Waals surface area contributed by atoms with Gasteiger partial charge in [0, 0.05) is 37.0 Å². The maximum atomic E-state index is 10.7. The van der Waals surface area contributed by atoms with Crippen molar-refractivity contribution in [3.05, 3.63) is 34.9 Å². The van der Waals surface area contributed by atoms with Gasteiger partial charge in [-0.05, 0) is 36.1 Å². The molecule has 1 N–H and O–H groups in total. The molecule has 5 heteroatoms. The monoisotopic (exact) mass is 309 g/mol. The Balaban J connectivity index is 2.29. The molecule has 1 aromatic carbocycles. The van der Waals surface area contributed by atoms with E-state index in [4.69, 9.17) is 21.4 Å². The van der Waals surface area contributed by atoms with Gasteiger partial charge in [0.25, 0.3) is 0 Å². The maximum Gasteiger partial charge on any atom is 0.328 e. The SMILES string of the molecule is COC1CN(c2cc(Cl)ccc2/C=C/C(=O)O)CCC1C. The van der Waals surface area contributed by atoms with Gasteiger partial charge in [0.05, 0.1) is 6.10 Å². The number of aliphatic carboxylic acids is 1. The van der Waals surface area contributed by atoms with Crippen molar-refractivity contribution in [1.29, 1.82) is 0 Å². The van der Waals surface area contributed by atoms with Crippen LogP contribution < -0.4 is 4.90 Å². The molecule has 1 fully saturated rings. The van der Waals surface area contributed by atoms with E-state index in [9.17, 15) is 4.79 Å². The fraction of sp³-hybridized carbons (Fsp3) is 0.438. The van der Waals surface area contributed by atoms with Crippen LogP contribution in [-0.2, 0) is 9.53 Å². The van der Waals surface area contributed by atoms with Gasteiger partial charge >= 0.3 is 5.97 Å². The Hall–Kier alpha value is -1.52. The van der Waals surface area contributed by atoms with Crippen molar-refractivity contribution in [2.45, 2.75) is 19.4 Å². The molecule has 0 bridgehead atoms. The molecule has 1 aromatic rings. The molecular formula is C16H20ClNO3. The van der Waals surface area contributed by atoms with Crippen molar-refractivity contribution < 1.29 is 14.6 Å². The summed E-state index contributed by atoms with van der Waals surface area (Å²) < 4.78 is 5.54. The molecular weight excluding hydrogens is 290 g/mol. The first-order valence-corrected chi connectivity index (χ1v) is 7.37. The first-order valence-electron chi connectivity index (χ1n) is 6.99. The molecule has 1 heterocycles. The number of hydrogen-bond acceptors (Lipinski definition) is 3. The number of anilines is 1. The Kier molecular flexibility index (Phi) is 5.26. The molecule has 0 aliphatic carbocycles. The van der Waals surface area contributed by atoms with Crippen molar-refractivity contribution in [2.24, 2.45) is 5.92 Å². The van der Waals surface area contributed by atoms with Gasteiger partial charge in [0.2, 0.25) is 0 Å². The normalized spacial score (nSPS) is 22.7. The van der Waals surface area contributed by atoms with Crippen LogP contribution in [0.1, 0.15) is 18.9 Å². The largest absolute Gasteiger partial charge is 0.478 e. The summed E-state index contributed by atoms with van der Waals surface area (Å²) >= 11 is 6.10. The van der Waals surface area contributed by atoms with E-state index in [1.165, 1.54) is 0 Å². The van der Waals surface area contributed by atoms with Crippen molar-refractivity contribution in [3.63, 3.8) is 0 Å². The fourth-order valence-corrected chi connectivity index (χ4v) is 2.82. The highest BCUT2D eigenvalue weighted by Gasteiger charge is 2.27. The van der Waals surface area contributed by atoms with E-state index < -0.39 is 5.97 Å². The summed E-state index contributed by atoms with van der Waals surface area (Å²) in [5.41, 5.74) is 1.81. The lowest BCUT2D eigenvalue weighted by Gasteiger charge is -2.38. The van der Waals surface area contributed by atoms with Crippen LogP contribution in [0.15, 0.2) is 24.3 Å². The second kappa shape index (κ2) is 6.96. The number of halogens is 1. The van der Waals surface area contributed by atoms with E-state index in [0.717, 1.165) is 36.8 Å². The second-order valence-electron chi connectivity index (χ2n) is 5.36. The maximum absolute atomic E-state index is 10.7. The van der Waals surface area contributed by atoms with Gasteiger partial charge in [-0.25, -0.2) is 4.79 Å². The first kappa shape index (κ1) is 15.9. The van der Waals surface area contributed by atoms with E-state index >= 15 is 0 Å². The quantitative estimate of drug-likeness (QED) is 0.867. The van der Waals surface area contributed by atoms with Crippen LogP contribution in [0, 0.1) is 5.92 Å². The van der Waals surface area contributed by atoms with Crippen molar-refractivity contribution in [2.75, 3.05) is 25.1 Å². The lowest BCUT2D eigenvalue weighted by Crippen LogP contribution is -2.44. The van der Waals surface area contributed by atoms with Crippen LogP contribution >= 0.6 is 11.6 Å². The minimum atomic E-state index is -0.960. The summed E-state index contributed by atoms with van der Waals surface area (Å²) in [7, 11) is 1.73. The third-order valence-electron chi connectivity index (χ3n) is 3.93. The molecule has 21 heavy (non-hydrogen) atoms. The van der Waals surface area contributed by atoms with E-state index in [1.807, 2.05) is 12.1 Å². The van der Waals surface area contributed by atoms with Crippen LogP contribution in [0.4, 0.5) is 5.69 Å². The van der Waals surface area contributed by atoms with Crippen LogP contribution in [0.25, 0.3) is 6.08 Å². The van der Waals surface area contributed by atoms with Crippen LogP contribution in [0.5, 0.6) is 0 Å². The summed E-state index contributed by atoms with van der Waals surface area (Å²) in [6, 6.07) is 5.50. The third-order valence-corrected chi connectivity index (χ3v) is 4.17. The summed E-state index contributed by atoms with van der Waals surface area (Å²) in [6.45, 7) is 3.88. The van der Waals surface area contributed by atoms with Crippen molar-refractivity contribution >= 4 is 29.3 Å². The number of piperidine rings is 1. The predicted molar refractivity (Wildman–Crippen MR) is 84.9 cm³/mol. The highest BCUT2D eigenvalue weighted by Crippen LogP contribution is 2.30. The molecule has 4 nitrogen and oxygen atoms in total.